The number of para-hydroxylation sites is 1. The van der Waals surface area contributed by atoms with E-state index in [-0.39, 0.29) is 5.91 Å². The van der Waals surface area contributed by atoms with Gasteiger partial charge in [-0.15, -0.1) is 10.2 Å². The Hall–Kier alpha value is -2.68. The summed E-state index contributed by atoms with van der Waals surface area (Å²) >= 11 is 1.70. The van der Waals surface area contributed by atoms with E-state index < -0.39 is 0 Å². The number of nitrogens with zero attached hydrogens (tertiary/aromatic N) is 4. The fourth-order valence-electron chi connectivity index (χ4n) is 3.94. The average Bonchev–Trinajstić information content (AvgIpc) is 3.27. The van der Waals surface area contributed by atoms with Gasteiger partial charge in [-0.3, -0.25) is 14.3 Å². The van der Waals surface area contributed by atoms with Crippen molar-refractivity contribution in [3.8, 4) is 5.69 Å². The highest BCUT2D eigenvalue weighted by Crippen LogP contribution is 2.24. The molecule has 0 aliphatic carbocycles. The van der Waals surface area contributed by atoms with Crippen LogP contribution in [0, 0.1) is 0 Å². The van der Waals surface area contributed by atoms with Crippen molar-refractivity contribution in [2.45, 2.75) is 30.8 Å². The molecule has 1 amide bonds. The number of hydrogen-bond donors (Lipinski definition) is 1. The molecule has 1 aromatic heterocycles. The molecule has 1 saturated heterocycles. The summed E-state index contributed by atoms with van der Waals surface area (Å²) in [5.74, 6) is 1.97. The minimum Gasteiger partial charge on any atom is -0.379 e. The third-order valence-corrected chi connectivity index (χ3v) is 6.82. The van der Waals surface area contributed by atoms with Crippen molar-refractivity contribution in [3.05, 3.63) is 72.1 Å². The molecule has 1 aliphatic rings. The number of nitrogens with one attached hydrogen (secondary N) is 1. The number of amides is 1. The van der Waals surface area contributed by atoms with Gasteiger partial charge in [0.15, 0.2) is 5.16 Å². The molecule has 0 spiro atoms. The molecule has 0 radical (unpaired) electrons. The number of hydrogen-bond acceptors (Lipinski definition) is 6. The van der Waals surface area contributed by atoms with Gasteiger partial charge < -0.3 is 10.1 Å². The lowest BCUT2D eigenvalue weighted by molar-refractivity contribution is -0.121. The standard InChI is InChI=1S/C26H33N5O2S/c32-25(27-14-15-30-16-18-33-19-17-30)13-7-8-20-34-26-29-28-24(21-22-9-3-1-4-10-22)31(26)23-11-5-2-6-12-23/h1-6,9-12H,7-8,13-21H2,(H,27,32). The molecule has 8 heteroatoms. The Kier molecular flexibility index (Phi) is 9.54. The van der Waals surface area contributed by atoms with E-state index in [9.17, 15) is 4.79 Å². The summed E-state index contributed by atoms with van der Waals surface area (Å²) in [4.78, 5) is 14.5. The zero-order valence-corrected chi connectivity index (χ0v) is 20.4. The van der Waals surface area contributed by atoms with E-state index in [2.05, 4.69) is 49.2 Å². The number of carbonyl (C=O) groups is 1. The van der Waals surface area contributed by atoms with Crippen LogP contribution in [0.15, 0.2) is 65.8 Å². The third-order valence-electron chi connectivity index (χ3n) is 5.80. The first-order chi connectivity index (χ1) is 16.8. The van der Waals surface area contributed by atoms with Crippen LogP contribution in [-0.4, -0.2) is 70.7 Å². The first kappa shape index (κ1) is 24.4. The number of unbranched alkanes of at least 4 members (excludes halogenated alkanes) is 1. The van der Waals surface area contributed by atoms with E-state index in [1.54, 1.807) is 11.8 Å². The lowest BCUT2D eigenvalue weighted by Gasteiger charge is -2.26. The van der Waals surface area contributed by atoms with Crippen LogP contribution in [-0.2, 0) is 16.0 Å². The van der Waals surface area contributed by atoms with Gasteiger partial charge in [0, 0.05) is 50.5 Å². The normalized spacial score (nSPS) is 14.2. The lowest BCUT2D eigenvalue weighted by Crippen LogP contribution is -2.41. The van der Waals surface area contributed by atoms with Gasteiger partial charge in [0.2, 0.25) is 5.91 Å². The summed E-state index contributed by atoms with van der Waals surface area (Å²) in [6.45, 7) is 5.08. The van der Waals surface area contributed by atoms with Crippen LogP contribution in [0.1, 0.15) is 30.7 Å². The number of aromatic nitrogens is 3. The molecule has 0 unspecified atom stereocenters. The minimum atomic E-state index is 0.135. The average molecular weight is 480 g/mol. The predicted octanol–water partition coefficient (Wildman–Crippen LogP) is 3.57. The van der Waals surface area contributed by atoms with Crippen molar-refractivity contribution >= 4 is 17.7 Å². The first-order valence-electron chi connectivity index (χ1n) is 12.0. The van der Waals surface area contributed by atoms with Gasteiger partial charge in [-0.2, -0.15) is 0 Å². The Morgan fingerprint density at radius 3 is 2.47 bits per heavy atom. The molecule has 0 saturated carbocycles. The Morgan fingerprint density at radius 2 is 1.71 bits per heavy atom. The SMILES string of the molecule is O=C(CCCCSc1nnc(Cc2ccccc2)n1-c1ccccc1)NCCN1CCOCC1. The summed E-state index contributed by atoms with van der Waals surface area (Å²) in [6.07, 6.45) is 3.12. The van der Waals surface area contributed by atoms with Gasteiger partial charge in [-0.1, -0.05) is 60.3 Å². The molecule has 1 N–H and O–H groups in total. The number of carbonyl (C=O) groups excluding carboxylic acids is 1. The van der Waals surface area contributed by atoms with Crippen LogP contribution in [0.4, 0.5) is 0 Å². The Labute approximate surface area is 205 Å². The largest absolute Gasteiger partial charge is 0.379 e. The highest BCUT2D eigenvalue weighted by Gasteiger charge is 2.15. The monoisotopic (exact) mass is 479 g/mol. The smallest absolute Gasteiger partial charge is 0.220 e. The van der Waals surface area contributed by atoms with Gasteiger partial charge in [-0.25, -0.2) is 0 Å². The molecule has 2 heterocycles. The van der Waals surface area contributed by atoms with Crippen molar-refractivity contribution in [1.82, 2.24) is 25.0 Å². The Bertz CT molecular complexity index is 1010. The minimum absolute atomic E-state index is 0.135. The quantitative estimate of drug-likeness (QED) is 0.316. The maximum atomic E-state index is 12.1. The molecule has 34 heavy (non-hydrogen) atoms. The van der Waals surface area contributed by atoms with Gasteiger partial charge in [-0.05, 0) is 30.5 Å². The van der Waals surface area contributed by atoms with Crippen LogP contribution in [0.25, 0.3) is 5.69 Å². The topological polar surface area (TPSA) is 72.3 Å². The highest BCUT2D eigenvalue weighted by atomic mass is 32.2. The van der Waals surface area contributed by atoms with E-state index in [4.69, 9.17) is 4.74 Å². The lowest BCUT2D eigenvalue weighted by atomic mass is 10.1. The number of thioether (sulfide) groups is 1. The summed E-state index contributed by atoms with van der Waals surface area (Å²) < 4.78 is 7.50. The fraction of sp³-hybridized carbons (Fsp3) is 0.423. The molecule has 1 aliphatic heterocycles. The summed E-state index contributed by atoms with van der Waals surface area (Å²) in [7, 11) is 0. The number of ether oxygens (including phenoxy) is 1. The molecule has 180 valence electrons. The van der Waals surface area contributed by atoms with Gasteiger partial charge in [0.05, 0.1) is 13.2 Å². The van der Waals surface area contributed by atoms with Crippen LogP contribution in [0.2, 0.25) is 0 Å². The van der Waals surface area contributed by atoms with Gasteiger partial charge >= 0.3 is 0 Å². The van der Waals surface area contributed by atoms with E-state index >= 15 is 0 Å². The summed E-state index contributed by atoms with van der Waals surface area (Å²) in [5.41, 5.74) is 2.28. The van der Waals surface area contributed by atoms with Crippen LogP contribution in [0.5, 0.6) is 0 Å². The first-order valence-corrected chi connectivity index (χ1v) is 13.0. The third kappa shape index (κ3) is 7.41. The second kappa shape index (κ2) is 13.3. The second-order valence-corrected chi connectivity index (χ2v) is 9.40. The number of benzene rings is 2. The summed E-state index contributed by atoms with van der Waals surface area (Å²) in [6, 6.07) is 20.6. The van der Waals surface area contributed by atoms with Crippen molar-refractivity contribution in [2.24, 2.45) is 0 Å². The number of rotatable bonds is 12. The maximum absolute atomic E-state index is 12.1. The fourth-order valence-corrected chi connectivity index (χ4v) is 4.91. The molecule has 0 bridgehead atoms. The molecule has 1 fully saturated rings. The van der Waals surface area contributed by atoms with E-state index in [0.29, 0.717) is 13.0 Å². The zero-order valence-electron chi connectivity index (χ0n) is 19.6. The van der Waals surface area contributed by atoms with Crippen molar-refractivity contribution < 1.29 is 9.53 Å². The molecule has 3 aromatic rings. The molecule has 2 aromatic carbocycles. The maximum Gasteiger partial charge on any atom is 0.220 e. The van der Waals surface area contributed by atoms with Crippen molar-refractivity contribution in [2.75, 3.05) is 45.1 Å². The van der Waals surface area contributed by atoms with Crippen LogP contribution < -0.4 is 5.32 Å². The zero-order chi connectivity index (χ0) is 23.4. The van der Waals surface area contributed by atoms with E-state index in [1.165, 1.54) is 5.56 Å². The molecule has 4 rings (SSSR count). The van der Waals surface area contributed by atoms with Crippen LogP contribution >= 0.6 is 11.8 Å². The summed E-state index contributed by atoms with van der Waals surface area (Å²) in [5, 5.41) is 12.9. The Morgan fingerprint density at radius 1 is 0.971 bits per heavy atom. The number of morpholine rings is 1. The highest BCUT2D eigenvalue weighted by molar-refractivity contribution is 7.99. The van der Waals surface area contributed by atoms with Gasteiger partial charge in [0.1, 0.15) is 5.82 Å². The Balaban J connectivity index is 1.24. The molecule has 7 nitrogen and oxygen atoms in total. The van der Waals surface area contributed by atoms with Crippen LogP contribution in [0.3, 0.4) is 0 Å². The molecular weight excluding hydrogens is 446 g/mol. The second-order valence-electron chi connectivity index (χ2n) is 8.34. The van der Waals surface area contributed by atoms with Gasteiger partial charge in [0.25, 0.3) is 0 Å². The molecular formula is C26H33N5O2S. The predicted molar refractivity (Wildman–Crippen MR) is 135 cm³/mol. The van der Waals surface area contributed by atoms with Crippen molar-refractivity contribution in [3.63, 3.8) is 0 Å². The van der Waals surface area contributed by atoms with E-state index in [0.717, 1.165) is 74.5 Å². The molecule has 0 atom stereocenters. The van der Waals surface area contributed by atoms with Crippen molar-refractivity contribution in [1.29, 1.82) is 0 Å². The van der Waals surface area contributed by atoms with E-state index in [1.807, 2.05) is 36.4 Å².